The average Bonchev–Trinajstić information content (AvgIpc) is 2.66. The molecule has 1 aliphatic heterocycles. The highest BCUT2D eigenvalue weighted by Gasteiger charge is 2.50. The summed E-state index contributed by atoms with van der Waals surface area (Å²) in [5.41, 5.74) is -0.602. The quantitative estimate of drug-likeness (QED) is 0.765. The van der Waals surface area contributed by atoms with Gasteiger partial charge in [0.15, 0.2) is 0 Å². The van der Waals surface area contributed by atoms with Crippen molar-refractivity contribution in [2.45, 2.75) is 64.3 Å². The van der Waals surface area contributed by atoms with Gasteiger partial charge in [-0.15, -0.1) is 0 Å². The number of amides is 3. The van der Waals surface area contributed by atoms with Crippen molar-refractivity contribution in [1.29, 1.82) is 0 Å². The van der Waals surface area contributed by atoms with Crippen molar-refractivity contribution in [2.75, 3.05) is 19.6 Å². The molecule has 3 amide bonds. The minimum absolute atomic E-state index is 0.0118. The summed E-state index contributed by atoms with van der Waals surface area (Å²) in [4.78, 5) is 26.5. The molecule has 1 unspecified atom stereocenters. The van der Waals surface area contributed by atoms with Crippen LogP contribution in [-0.4, -0.2) is 42.0 Å². The molecule has 2 N–H and O–H groups in total. The van der Waals surface area contributed by atoms with E-state index in [0.29, 0.717) is 6.54 Å². The molecule has 1 aliphatic carbocycles. The molecular weight excluding hydrogens is 266 g/mol. The number of nitrogens with one attached hydrogen (secondary N) is 2. The molecule has 1 heterocycles. The summed E-state index contributed by atoms with van der Waals surface area (Å²) in [5.74, 6) is 0.293. The van der Waals surface area contributed by atoms with Gasteiger partial charge in [0.2, 0.25) is 0 Å². The van der Waals surface area contributed by atoms with Gasteiger partial charge in [-0.2, -0.15) is 0 Å². The fourth-order valence-corrected chi connectivity index (χ4v) is 3.46. The van der Waals surface area contributed by atoms with Gasteiger partial charge < -0.3 is 10.6 Å². The van der Waals surface area contributed by atoms with Gasteiger partial charge in [0.25, 0.3) is 5.91 Å². The average molecular weight is 295 g/mol. The molecule has 1 spiro atoms. The van der Waals surface area contributed by atoms with E-state index >= 15 is 0 Å². The highest BCUT2D eigenvalue weighted by molar-refractivity contribution is 6.07. The maximum Gasteiger partial charge on any atom is 0.325 e. The van der Waals surface area contributed by atoms with Crippen LogP contribution in [0.4, 0.5) is 4.79 Å². The van der Waals surface area contributed by atoms with Crippen molar-refractivity contribution in [3.63, 3.8) is 0 Å². The van der Waals surface area contributed by atoms with E-state index in [0.717, 1.165) is 38.8 Å². The Kier molecular flexibility index (Phi) is 5.62. The van der Waals surface area contributed by atoms with Crippen LogP contribution in [0.2, 0.25) is 0 Å². The van der Waals surface area contributed by atoms with E-state index in [2.05, 4.69) is 24.5 Å². The molecule has 0 aromatic rings. The smallest absolute Gasteiger partial charge is 0.323 e. The third-order valence-corrected chi connectivity index (χ3v) is 4.69. The van der Waals surface area contributed by atoms with Crippen molar-refractivity contribution in [3.8, 4) is 0 Å². The monoisotopic (exact) mass is 295 g/mol. The molecule has 2 rings (SSSR count). The van der Waals surface area contributed by atoms with Crippen LogP contribution in [0.1, 0.15) is 58.8 Å². The van der Waals surface area contributed by atoms with Gasteiger partial charge in [0.1, 0.15) is 5.54 Å². The van der Waals surface area contributed by atoms with Gasteiger partial charge in [0, 0.05) is 6.54 Å². The predicted molar refractivity (Wildman–Crippen MR) is 83.0 cm³/mol. The van der Waals surface area contributed by atoms with E-state index in [1.165, 1.54) is 24.2 Å². The molecule has 2 fully saturated rings. The van der Waals surface area contributed by atoms with E-state index < -0.39 is 5.54 Å². The predicted octanol–water partition coefficient (Wildman–Crippen LogP) is 2.27. The van der Waals surface area contributed by atoms with E-state index in [-0.39, 0.29) is 17.9 Å². The van der Waals surface area contributed by atoms with Gasteiger partial charge >= 0.3 is 6.03 Å². The standard InChI is InChI=1S/C16H29N3O2/c1-3-17-11-13(2)12-19-14(20)16(18-15(19)21)9-7-5-4-6-8-10-16/h13,17H,3-12H2,1-2H3,(H,18,21). The van der Waals surface area contributed by atoms with E-state index in [4.69, 9.17) is 0 Å². The van der Waals surface area contributed by atoms with Crippen molar-refractivity contribution in [2.24, 2.45) is 5.92 Å². The molecule has 120 valence electrons. The number of hydrogen-bond donors (Lipinski definition) is 2. The van der Waals surface area contributed by atoms with Crippen LogP contribution in [0, 0.1) is 5.92 Å². The zero-order valence-corrected chi connectivity index (χ0v) is 13.4. The van der Waals surface area contributed by atoms with Crippen molar-refractivity contribution >= 4 is 11.9 Å². The molecule has 0 aromatic heterocycles. The van der Waals surface area contributed by atoms with Crippen molar-refractivity contribution < 1.29 is 9.59 Å². The molecule has 5 nitrogen and oxygen atoms in total. The van der Waals surface area contributed by atoms with Gasteiger partial charge in [-0.1, -0.05) is 46.0 Å². The zero-order chi connectivity index (χ0) is 15.3. The number of imide groups is 1. The van der Waals surface area contributed by atoms with E-state index in [1.54, 1.807) is 0 Å². The summed E-state index contributed by atoms with van der Waals surface area (Å²) < 4.78 is 0. The second kappa shape index (κ2) is 7.25. The van der Waals surface area contributed by atoms with Crippen LogP contribution < -0.4 is 10.6 Å². The van der Waals surface area contributed by atoms with E-state index in [1.807, 2.05) is 0 Å². The molecule has 21 heavy (non-hydrogen) atoms. The third-order valence-electron chi connectivity index (χ3n) is 4.69. The van der Waals surface area contributed by atoms with Gasteiger partial charge in [-0.25, -0.2) is 4.79 Å². The Balaban J connectivity index is 2.00. The lowest BCUT2D eigenvalue weighted by Crippen LogP contribution is -2.47. The third kappa shape index (κ3) is 3.76. The van der Waals surface area contributed by atoms with Crippen LogP contribution in [0.25, 0.3) is 0 Å². The molecule has 1 atom stereocenters. The maximum atomic E-state index is 12.8. The summed E-state index contributed by atoms with van der Waals surface area (Å²) in [6.45, 7) is 6.39. The molecule has 2 aliphatic rings. The second-order valence-corrected chi connectivity index (χ2v) is 6.61. The molecule has 0 radical (unpaired) electrons. The summed E-state index contributed by atoms with van der Waals surface area (Å²) in [7, 11) is 0. The number of urea groups is 1. The Bertz CT molecular complexity index is 376. The van der Waals surface area contributed by atoms with Crippen molar-refractivity contribution in [1.82, 2.24) is 15.5 Å². The van der Waals surface area contributed by atoms with Crippen LogP contribution in [0.15, 0.2) is 0 Å². The molecule has 0 bridgehead atoms. The number of nitrogens with zero attached hydrogens (tertiary/aromatic N) is 1. The highest BCUT2D eigenvalue weighted by atomic mass is 16.2. The Morgan fingerprint density at radius 3 is 2.43 bits per heavy atom. The minimum Gasteiger partial charge on any atom is -0.323 e. The topological polar surface area (TPSA) is 61.4 Å². The SMILES string of the molecule is CCNCC(C)CN1C(=O)NC2(CCCCCCC2)C1=O. The fraction of sp³-hybridized carbons (Fsp3) is 0.875. The lowest BCUT2D eigenvalue weighted by Gasteiger charge is -2.29. The second-order valence-electron chi connectivity index (χ2n) is 6.61. The van der Waals surface area contributed by atoms with Crippen LogP contribution in [0.3, 0.4) is 0 Å². The molecule has 0 aromatic carbocycles. The number of rotatable bonds is 5. The van der Waals surface area contributed by atoms with Crippen LogP contribution in [0.5, 0.6) is 0 Å². The lowest BCUT2D eigenvalue weighted by atomic mass is 9.84. The summed E-state index contributed by atoms with van der Waals surface area (Å²) in [6.07, 6.45) is 7.26. The Morgan fingerprint density at radius 2 is 1.81 bits per heavy atom. The fourth-order valence-electron chi connectivity index (χ4n) is 3.46. The van der Waals surface area contributed by atoms with Crippen LogP contribution in [-0.2, 0) is 4.79 Å². The summed E-state index contributed by atoms with van der Waals surface area (Å²) >= 11 is 0. The number of carbonyl (C=O) groups is 2. The molecular formula is C16H29N3O2. The van der Waals surface area contributed by atoms with Gasteiger partial charge in [-0.05, 0) is 31.8 Å². The highest BCUT2D eigenvalue weighted by Crippen LogP contribution is 2.32. The maximum absolute atomic E-state index is 12.8. The number of carbonyl (C=O) groups excluding carboxylic acids is 2. The van der Waals surface area contributed by atoms with E-state index in [9.17, 15) is 9.59 Å². The first-order chi connectivity index (χ1) is 10.1. The first kappa shape index (κ1) is 16.3. The summed E-state index contributed by atoms with van der Waals surface area (Å²) in [5, 5.41) is 6.29. The molecule has 1 saturated heterocycles. The van der Waals surface area contributed by atoms with Crippen LogP contribution >= 0.6 is 0 Å². The molecule has 1 saturated carbocycles. The Labute approximate surface area is 127 Å². The van der Waals surface area contributed by atoms with Gasteiger partial charge in [0.05, 0.1) is 0 Å². The largest absolute Gasteiger partial charge is 0.325 e. The number of hydrogen-bond acceptors (Lipinski definition) is 3. The molecule has 5 heteroatoms. The Hall–Kier alpha value is -1.10. The Morgan fingerprint density at radius 1 is 1.19 bits per heavy atom. The van der Waals surface area contributed by atoms with Crippen molar-refractivity contribution in [3.05, 3.63) is 0 Å². The van der Waals surface area contributed by atoms with Gasteiger partial charge in [-0.3, -0.25) is 9.69 Å². The first-order valence-corrected chi connectivity index (χ1v) is 8.44. The first-order valence-electron chi connectivity index (χ1n) is 8.44. The summed E-state index contributed by atoms with van der Waals surface area (Å²) in [6, 6.07) is -0.191. The minimum atomic E-state index is -0.602. The zero-order valence-electron chi connectivity index (χ0n) is 13.4. The normalized spacial score (nSPS) is 23.8. The lowest BCUT2D eigenvalue weighted by molar-refractivity contribution is -0.132.